The van der Waals surface area contributed by atoms with Crippen LogP contribution in [0.5, 0.6) is 0 Å². The summed E-state index contributed by atoms with van der Waals surface area (Å²) >= 11 is 0. The maximum atomic E-state index is 12.0. The highest BCUT2D eigenvalue weighted by atomic mass is 16.1. The van der Waals surface area contributed by atoms with Crippen LogP contribution in [0.25, 0.3) is 0 Å². The fourth-order valence-corrected chi connectivity index (χ4v) is 2.88. The molecule has 0 bridgehead atoms. The Bertz CT molecular complexity index is 484. The maximum Gasteiger partial charge on any atom is 0.228 e. The number of carbonyl (C=O) groups excluding carboxylic acids is 1. The summed E-state index contributed by atoms with van der Waals surface area (Å²) in [6, 6.07) is 8.03. The third-order valence-corrected chi connectivity index (χ3v) is 4.57. The normalized spacial score (nSPS) is 22.1. The van der Waals surface area contributed by atoms with E-state index in [4.69, 9.17) is 5.73 Å². The van der Waals surface area contributed by atoms with Gasteiger partial charge in [-0.05, 0) is 49.9 Å². The number of nitrogens with zero attached hydrogens (tertiary/aromatic N) is 1. The quantitative estimate of drug-likeness (QED) is 0.879. The van der Waals surface area contributed by atoms with Gasteiger partial charge in [0.2, 0.25) is 5.91 Å². The number of hydrogen-bond donors (Lipinski definition) is 2. The molecule has 122 valence electrons. The summed E-state index contributed by atoms with van der Waals surface area (Å²) in [5, 5.41) is 2.93. The number of amides is 1. The molecule has 22 heavy (non-hydrogen) atoms. The molecule has 0 radical (unpaired) electrons. The Morgan fingerprint density at radius 3 is 2.64 bits per heavy atom. The van der Waals surface area contributed by atoms with Crippen LogP contribution < -0.4 is 11.1 Å². The van der Waals surface area contributed by atoms with E-state index in [9.17, 15) is 4.79 Å². The number of anilines is 1. The molecule has 0 aliphatic carbocycles. The highest BCUT2D eigenvalue weighted by Gasteiger charge is 2.18. The number of benzene rings is 1. The zero-order valence-corrected chi connectivity index (χ0v) is 14.0. The average molecular weight is 303 g/mol. The third-order valence-electron chi connectivity index (χ3n) is 4.57. The lowest BCUT2D eigenvalue weighted by molar-refractivity contribution is -0.119. The van der Waals surface area contributed by atoms with Gasteiger partial charge < -0.3 is 11.1 Å². The van der Waals surface area contributed by atoms with Crippen molar-refractivity contribution in [3.63, 3.8) is 0 Å². The lowest BCUT2D eigenvalue weighted by Gasteiger charge is -2.30. The number of carbonyl (C=O) groups is 1. The first-order valence-electron chi connectivity index (χ1n) is 8.33. The van der Waals surface area contributed by atoms with E-state index < -0.39 is 0 Å². The molecule has 1 aliphatic heterocycles. The van der Waals surface area contributed by atoms with E-state index in [2.05, 4.69) is 29.3 Å². The smallest absolute Gasteiger partial charge is 0.228 e. The van der Waals surface area contributed by atoms with Crippen molar-refractivity contribution in [1.29, 1.82) is 0 Å². The van der Waals surface area contributed by atoms with E-state index in [1.165, 1.54) is 31.5 Å². The minimum absolute atomic E-state index is 0.0207. The second-order valence-electron chi connectivity index (χ2n) is 6.82. The van der Waals surface area contributed by atoms with E-state index in [0.29, 0.717) is 0 Å². The minimum Gasteiger partial charge on any atom is -0.327 e. The first-order chi connectivity index (χ1) is 10.5. The summed E-state index contributed by atoms with van der Waals surface area (Å²) in [7, 11) is 0. The summed E-state index contributed by atoms with van der Waals surface area (Å²) < 4.78 is 0. The van der Waals surface area contributed by atoms with Gasteiger partial charge in [0.25, 0.3) is 0 Å². The van der Waals surface area contributed by atoms with Gasteiger partial charge in [0.15, 0.2) is 0 Å². The van der Waals surface area contributed by atoms with E-state index in [-0.39, 0.29) is 17.9 Å². The largest absolute Gasteiger partial charge is 0.327 e. The van der Waals surface area contributed by atoms with Crippen molar-refractivity contribution in [2.45, 2.75) is 46.2 Å². The molecule has 3 atom stereocenters. The molecular formula is C18H29N3O. The van der Waals surface area contributed by atoms with Gasteiger partial charge in [-0.25, -0.2) is 0 Å². The molecule has 1 heterocycles. The first kappa shape index (κ1) is 17.0. The number of likely N-dealkylation sites (tertiary alicyclic amines) is 1. The Morgan fingerprint density at radius 1 is 1.36 bits per heavy atom. The third kappa shape index (κ3) is 4.82. The van der Waals surface area contributed by atoms with Gasteiger partial charge in [0, 0.05) is 24.8 Å². The SMILES string of the molecule is CC1CCCN(Cc2ccc(NC(=O)C(C)C(C)N)cc2)C1. The molecule has 0 saturated carbocycles. The molecule has 1 aromatic rings. The molecular weight excluding hydrogens is 274 g/mol. The van der Waals surface area contributed by atoms with E-state index in [0.717, 1.165) is 18.2 Å². The average Bonchev–Trinajstić information content (AvgIpc) is 2.48. The second-order valence-corrected chi connectivity index (χ2v) is 6.82. The molecule has 0 aromatic heterocycles. The van der Waals surface area contributed by atoms with Gasteiger partial charge in [0.05, 0.1) is 5.92 Å². The summed E-state index contributed by atoms with van der Waals surface area (Å²) in [6.07, 6.45) is 2.64. The van der Waals surface area contributed by atoms with Crippen molar-refractivity contribution >= 4 is 11.6 Å². The van der Waals surface area contributed by atoms with Crippen LogP contribution in [-0.4, -0.2) is 29.9 Å². The highest BCUT2D eigenvalue weighted by Crippen LogP contribution is 2.19. The molecule has 4 heteroatoms. The Labute approximate surface area is 134 Å². The maximum absolute atomic E-state index is 12.0. The van der Waals surface area contributed by atoms with Gasteiger partial charge in [0.1, 0.15) is 0 Å². The predicted molar refractivity (Wildman–Crippen MR) is 91.6 cm³/mol. The van der Waals surface area contributed by atoms with Crippen LogP contribution in [0.4, 0.5) is 5.69 Å². The van der Waals surface area contributed by atoms with Crippen molar-refractivity contribution in [3.8, 4) is 0 Å². The Morgan fingerprint density at radius 2 is 2.05 bits per heavy atom. The molecule has 3 unspecified atom stereocenters. The lowest BCUT2D eigenvalue weighted by atomic mass is 10.00. The number of piperidine rings is 1. The number of rotatable bonds is 5. The van der Waals surface area contributed by atoms with Crippen LogP contribution in [0, 0.1) is 11.8 Å². The zero-order chi connectivity index (χ0) is 16.1. The molecule has 1 aromatic carbocycles. The Kier molecular flexibility index (Phi) is 5.98. The fourth-order valence-electron chi connectivity index (χ4n) is 2.88. The lowest BCUT2D eigenvalue weighted by Crippen LogP contribution is -2.34. The van der Waals surface area contributed by atoms with E-state index in [1.54, 1.807) is 0 Å². The van der Waals surface area contributed by atoms with Crippen molar-refractivity contribution in [3.05, 3.63) is 29.8 Å². The van der Waals surface area contributed by atoms with E-state index in [1.807, 2.05) is 26.0 Å². The van der Waals surface area contributed by atoms with Gasteiger partial charge in [-0.3, -0.25) is 9.69 Å². The van der Waals surface area contributed by atoms with Crippen LogP contribution in [0.2, 0.25) is 0 Å². The van der Waals surface area contributed by atoms with Crippen LogP contribution in [-0.2, 0) is 11.3 Å². The molecule has 1 fully saturated rings. The monoisotopic (exact) mass is 303 g/mol. The van der Waals surface area contributed by atoms with Crippen LogP contribution >= 0.6 is 0 Å². The van der Waals surface area contributed by atoms with Crippen molar-refractivity contribution < 1.29 is 4.79 Å². The molecule has 3 N–H and O–H groups in total. The van der Waals surface area contributed by atoms with Gasteiger partial charge in [-0.15, -0.1) is 0 Å². The molecule has 2 rings (SSSR count). The van der Waals surface area contributed by atoms with Crippen LogP contribution in [0.3, 0.4) is 0 Å². The minimum atomic E-state index is -0.186. The molecule has 1 saturated heterocycles. The Balaban J connectivity index is 1.88. The van der Waals surface area contributed by atoms with Gasteiger partial charge in [-0.2, -0.15) is 0 Å². The van der Waals surface area contributed by atoms with Gasteiger partial charge in [-0.1, -0.05) is 26.0 Å². The molecule has 0 spiro atoms. The molecule has 1 amide bonds. The highest BCUT2D eigenvalue weighted by molar-refractivity contribution is 5.92. The van der Waals surface area contributed by atoms with E-state index >= 15 is 0 Å². The van der Waals surface area contributed by atoms with Crippen molar-refractivity contribution in [1.82, 2.24) is 4.90 Å². The topological polar surface area (TPSA) is 58.4 Å². The van der Waals surface area contributed by atoms with Crippen molar-refractivity contribution in [2.75, 3.05) is 18.4 Å². The summed E-state index contributed by atoms with van der Waals surface area (Å²) in [5.41, 5.74) is 7.90. The number of nitrogens with one attached hydrogen (secondary N) is 1. The fraction of sp³-hybridized carbons (Fsp3) is 0.611. The number of hydrogen-bond acceptors (Lipinski definition) is 3. The summed E-state index contributed by atoms with van der Waals surface area (Å²) in [5.74, 6) is 0.592. The predicted octanol–water partition coefficient (Wildman–Crippen LogP) is 2.84. The summed E-state index contributed by atoms with van der Waals surface area (Å²) in [4.78, 5) is 14.5. The number of nitrogens with two attached hydrogens (primary N) is 1. The molecule has 1 aliphatic rings. The first-order valence-corrected chi connectivity index (χ1v) is 8.33. The van der Waals surface area contributed by atoms with Crippen LogP contribution in [0.15, 0.2) is 24.3 Å². The summed E-state index contributed by atoms with van der Waals surface area (Å²) in [6.45, 7) is 9.40. The zero-order valence-electron chi connectivity index (χ0n) is 14.0. The standard InChI is InChI=1S/C18H29N3O/c1-13-5-4-10-21(11-13)12-16-6-8-17(9-7-16)20-18(22)14(2)15(3)19/h6-9,13-15H,4-5,10-12,19H2,1-3H3,(H,20,22). The van der Waals surface area contributed by atoms with Crippen LogP contribution in [0.1, 0.15) is 39.2 Å². The van der Waals surface area contributed by atoms with Gasteiger partial charge >= 0.3 is 0 Å². The van der Waals surface area contributed by atoms with Crippen molar-refractivity contribution in [2.24, 2.45) is 17.6 Å². The second kappa shape index (κ2) is 7.75. The molecule has 4 nitrogen and oxygen atoms in total. The Hall–Kier alpha value is -1.39.